The van der Waals surface area contributed by atoms with Gasteiger partial charge >= 0.3 is 0 Å². The van der Waals surface area contributed by atoms with Crippen molar-refractivity contribution in [3.05, 3.63) is 36.0 Å². The Labute approximate surface area is 134 Å². The minimum Gasteiger partial charge on any atom is -0.544 e. The van der Waals surface area contributed by atoms with Crippen LogP contribution >= 0.6 is 0 Å². The van der Waals surface area contributed by atoms with Crippen molar-refractivity contribution in [2.75, 3.05) is 13.2 Å². The molecule has 0 spiro atoms. The maximum atomic E-state index is 11.5. The highest BCUT2D eigenvalue weighted by Crippen LogP contribution is 2.18. The van der Waals surface area contributed by atoms with E-state index in [1.54, 1.807) is 12.2 Å². The number of rotatable bonds is 5. The monoisotopic (exact) mass is 318 g/mol. The van der Waals surface area contributed by atoms with E-state index in [9.17, 15) is 15.0 Å². The predicted octanol–water partition coefficient (Wildman–Crippen LogP) is -1.07. The van der Waals surface area contributed by atoms with Crippen molar-refractivity contribution in [2.24, 2.45) is 0 Å². The highest BCUT2D eigenvalue weighted by atomic mass is 16.5. The number of para-hydroxylation sites is 1. The van der Waals surface area contributed by atoms with E-state index >= 15 is 0 Å². The summed E-state index contributed by atoms with van der Waals surface area (Å²) < 4.78 is 5.38. The molecule has 3 rings (SSSR count). The number of carbonyl (C=O) groups is 1. The lowest BCUT2D eigenvalue weighted by molar-refractivity contribution is -0.731. The van der Waals surface area contributed by atoms with Crippen molar-refractivity contribution in [1.82, 2.24) is 4.98 Å². The zero-order valence-electron chi connectivity index (χ0n) is 13.1. The molecule has 1 fully saturated rings. The number of carboxylic acids is 1. The number of carbonyl (C=O) groups excluding carboxylic acids is 1. The summed E-state index contributed by atoms with van der Waals surface area (Å²) >= 11 is 0. The largest absolute Gasteiger partial charge is 0.544 e. The van der Waals surface area contributed by atoms with E-state index in [0.717, 1.165) is 16.6 Å². The van der Waals surface area contributed by atoms with Crippen LogP contribution in [-0.4, -0.2) is 47.0 Å². The Morgan fingerprint density at radius 1 is 1.57 bits per heavy atom. The van der Waals surface area contributed by atoms with E-state index in [1.165, 1.54) is 0 Å². The summed E-state index contributed by atoms with van der Waals surface area (Å²) in [7, 11) is 0. The van der Waals surface area contributed by atoms with Gasteiger partial charge in [0.2, 0.25) is 0 Å². The molecule has 1 aromatic heterocycles. The molecule has 124 valence electrons. The molecule has 1 aliphatic heterocycles. The first kappa shape index (κ1) is 16.0. The van der Waals surface area contributed by atoms with Crippen LogP contribution < -0.4 is 10.4 Å². The maximum Gasteiger partial charge on any atom is 0.139 e. The van der Waals surface area contributed by atoms with Gasteiger partial charge in [0.1, 0.15) is 24.3 Å². The quantitative estimate of drug-likeness (QED) is 0.653. The van der Waals surface area contributed by atoms with E-state index < -0.39 is 17.6 Å². The molecule has 1 aliphatic rings. The number of aliphatic hydroxyl groups is 1. The molecule has 0 aliphatic carbocycles. The van der Waals surface area contributed by atoms with Crippen LogP contribution in [0.2, 0.25) is 0 Å². The SMILES string of the molecule is C[C@]1(O)CCOC[C@@H]1[NH2+][C@@H](Cc1cc2ccccc2[nH]1)C(=O)[O-]. The average Bonchev–Trinajstić information content (AvgIpc) is 2.90. The van der Waals surface area contributed by atoms with Crippen molar-refractivity contribution in [3.8, 4) is 0 Å². The smallest absolute Gasteiger partial charge is 0.139 e. The minimum absolute atomic E-state index is 0.309. The molecule has 0 bridgehead atoms. The Bertz CT molecular complexity index is 662. The zero-order chi connectivity index (χ0) is 16.4. The standard InChI is InChI=1S/C17H22N2O4/c1-17(22)6-7-23-10-15(17)19-14(16(20)21)9-12-8-11-4-2-3-5-13(11)18-12/h2-5,8,14-15,18-19,22H,6-7,9-10H2,1H3,(H,20,21)/t14-,15-,17-/m0/s1. The number of fused-ring (bicyclic) bond motifs is 1. The number of carboxylic acid groups (broad SMARTS) is 1. The highest BCUT2D eigenvalue weighted by Gasteiger charge is 2.40. The molecule has 0 unspecified atom stereocenters. The number of nitrogens with one attached hydrogen (secondary N) is 1. The first-order valence-corrected chi connectivity index (χ1v) is 7.88. The summed E-state index contributed by atoms with van der Waals surface area (Å²) in [5.74, 6) is -1.13. The highest BCUT2D eigenvalue weighted by molar-refractivity contribution is 5.80. The normalized spacial score (nSPS) is 26.3. The fourth-order valence-corrected chi connectivity index (χ4v) is 3.11. The molecule has 4 N–H and O–H groups in total. The zero-order valence-corrected chi connectivity index (χ0v) is 13.1. The Morgan fingerprint density at radius 3 is 3.04 bits per heavy atom. The molecule has 3 atom stereocenters. The van der Waals surface area contributed by atoms with E-state index in [1.807, 2.05) is 30.3 Å². The van der Waals surface area contributed by atoms with Gasteiger partial charge < -0.3 is 30.0 Å². The fraction of sp³-hybridized carbons (Fsp3) is 0.471. The van der Waals surface area contributed by atoms with Crippen molar-refractivity contribution in [3.63, 3.8) is 0 Å². The van der Waals surface area contributed by atoms with Crippen LogP contribution in [0, 0.1) is 0 Å². The van der Waals surface area contributed by atoms with Gasteiger partial charge in [-0.3, -0.25) is 0 Å². The van der Waals surface area contributed by atoms with E-state index in [2.05, 4.69) is 4.98 Å². The van der Waals surface area contributed by atoms with E-state index in [0.29, 0.717) is 26.1 Å². The molecule has 1 aromatic carbocycles. The lowest BCUT2D eigenvalue weighted by Crippen LogP contribution is -3.02. The Hall–Kier alpha value is -1.89. The van der Waals surface area contributed by atoms with Crippen LogP contribution in [0.4, 0.5) is 0 Å². The van der Waals surface area contributed by atoms with Crippen molar-refractivity contribution in [1.29, 1.82) is 0 Å². The first-order valence-electron chi connectivity index (χ1n) is 7.88. The second-order valence-corrected chi connectivity index (χ2v) is 6.49. The number of hydrogen-bond donors (Lipinski definition) is 3. The Balaban J connectivity index is 1.75. The lowest BCUT2D eigenvalue weighted by Gasteiger charge is -2.36. The second-order valence-electron chi connectivity index (χ2n) is 6.49. The van der Waals surface area contributed by atoms with Gasteiger partial charge in [-0.2, -0.15) is 0 Å². The Morgan fingerprint density at radius 2 is 2.35 bits per heavy atom. The van der Waals surface area contributed by atoms with Gasteiger partial charge in [0.05, 0.1) is 5.97 Å². The first-order chi connectivity index (χ1) is 11.0. The minimum atomic E-state index is -1.13. The van der Waals surface area contributed by atoms with Crippen LogP contribution in [0.3, 0.4) is 0 Å². The number of aromatic amines is 1. The number of aliphatic carboxylic acids is 1. The molecular weight excluding hydrogens is 296 g/mol. The number of nitrogens with two attached hydrogens (primary N) is 1. The third kappa shape index (κ3) is 3.55. The maximum absolute atomic E-state index is 11.5. The number of H-pyrrole nitrogens is 1. The summed E-state index contributed by atoms with van der Waals surface area (Å²) in [6.45, 7) is 2.56. The summed E-state index contributed by atoms with van der Waals surface area (Å²) in [4.78, 5) is 14.8. The van der Waals surface area contributed by atoms with Gasteiger partial charge in [0, 0.05) is 30.7 Å². The number of aromatic nitrogens is 1. The fourth-order valence-electron chi connectivity index (χ4n) is 3.11. The third-order valence-corrected chi connectivity index (χ3v) is 4.64. The van der Waals surface area contributed by atoms with Crippen LogP contribution in [0.25, 0.3) is 10.9 Å². The van der Waals surface area contributed by atoms with Gasteiger partial charge in [-0.15, -0.1) is 0 Å². The second kappa shape index (κ2) is 6.31. The van der Waals surface area contributed by atoms with Crippen LogP contribution in [0.5, 0.6) is 0 Å². The molecule has 0 amide bonds. The number of benzene rings is 1. The molecule has 2 heterocycles. The van der Waals surface area contributed by atoms with Crippen LogP contribution in [0.15, 0.2) is 30.3 Å². The van der Waals surface area contributed by atoms with Crippen molar-refractivity contribution in [2.45, 2.75) is 37.5 Å². The van der Waals surface area contributed by atoms with Gasteiger partial charge in [0.15, 0.2) is 0 Å². The van der Waals surface area contributed by atoms with Crippen LogP contribution in [0.1, 0.15) is 19.0 Å². The Kier molecular flexibility index (Phi) is 4.39. The number of ether oxygens (including phenoxy) is 1. The topological polar surface area (TPSA) is 102 Å². The molecule has 1 saturated heterocycles. The van der Waals surface area contributed by atoms with E-state index in [4.69, 9.17) is 4.74 Å². The molecule has 6 heteroatoms. The summed E-state index contributed by atoms with van der Waals surface area (Å²) in [6.07, 6.45) is 0.809. The molecule has 6 nitrogen and oxygen atoms in total. The van der Waals surface area contributed by atoms with Crippen molar-refractivity contribution < 1.29 is 25.1 Å². The number of quaternary nitrogens is 1. The molecule has 0 saturated carbocycles. The third-order valence-electron chi connectivity index (χ3n) is 4.64. The summed E-state index contributed by atoms with van der Waals surface area (Å²) in [5, 5.41) is 24.7. The molecule has 23 heavy (non-hydrogen) atoms. The van der Waals surface area contributed by atoms with Crippen molar-refractivity contribution >= 4 is 16.9 Å². The van der Waals surface area contributed by atoms with Gasteiger partial charge in [0.25, 0.3) is 0 Å². The molecule has 2 aromatic rings. The van der Waals surface area contributed by atoms with Gasteiger partial charge in [-0.1, -0.05) is 18.2 Å². The molecule has 0 radical (unpaired) electrons. The molecular formula is C17H22N2O4. The summed E-state index contributed by atoms with van der Waals surface area (Å²) in [6, 6.07) is 8.67. The lowest BCUT2D eigenvalue weighted by atomic mass is 9.90. The van der Waals surface area contributed by atoms with E-state index in [-0.39, 0.29) is 6.04 Å². The predicted molar refractivity (Wildman–Crippen MR) is 82.6 cm³/mol. The van der Waals surface area contributed by atoms with Gasteiger partial charge in [-0.05, 0) is 24.4 Å². The van der Waals surface area contributed by atoms with Gasteiger partial charge in [-0.25, -0.2) is 0 Å². The summed E-state index contributed by atoms with van der Waals surface area (Å²) in [5.41, 5.74) is 0.882. The number of hydrogen-bond acceptors (Lipinski definition) is 4. The van der Waals surface area contributed by atoms with Crippen LogP contribution in [-0.2, 0) is 16.0 Å². The average molecular weight is 318 g/mol.